The Labute approximate surface area is 92.2 Å². The molecule has 1 aromatic rings. The predicted octanol–water partition coefficient (Wildman–Crippen LogP) is 2.01. The van der Waals surface area contributed by atoms with Crippen LogP contribution in [0.15, 0.2) is 18.2 Å². The molecule has 0 radical (unpaired) electrons. The van der Waals surface area contributed by atoms with Crippen molar-refractivity contribution < 1.29 is 14.5 Å². The largest absolute Gasteiger partial charge is 0.489 e. The molecule has 1 aliphatic rings. The van der Waals surface area contributed by atoms with Crippen molar-refractivity contribution in [2.24, 2.45) is 0 Å². The van der Waals surface area contributed by atoms with Gasteiger partial charge >= 0.3 is 0 Å². The lowest BCUT2D eigenvalue weighted by Gasteiger charge is -2.25. The first kappa shape index (κ1) is 10.6. The van der Waals surface area contributed by atoms with E-state index in [1.807, 2.05) is 0 Å². The van der Waals surface area contributed by atoms with Gasteiger partial charge in [0, 0.05) is 18.9 Å². The van der Waals surface area contributed by atoms with Crippen molar-refractivity contribution in [1.82, 2.24) is 0 Å². The number of hydrogen-bond acceptors (Lipinski definition) is 4. The lowest BCUT2D eigenvalue weighted by atomic mass is 9.94. The van der Waals surface area contributed by atoms with E-state index < -0.39 is 4.92 Å². The van der Waals surface area contributed by atoms with Crippen molar-refractivity contribution in [2.45, 2.75) is 25.9 Å². The Balaban J connectivity index is 2.18. The zero-order valence-electron chi connectivity index (χ0n) is 8.80. The molecule has 0 aliphatic heterocycles. The molecule has 16 heavy (non-hydrogen) atoms. The minimum Gasteiger partial charge on any atom is -0.489 e. The summed E-state index contributed by atoms with van der Waals surface area (Å²) in [7, 11) is 0. The number of nitro benzene ring substituents is 1. The van der Waals surface area contributed by atoms with Crippen molar-refractivity contribution in [1.29, 1.82) is 0 Å². The lowest BCUT2D eigenvalue weighted by molar-refractivity contribution is -0.385. The molecule has 0 unspecified atom stereocenters. The third kappa shape index (κ3) is 1.88. The van der Waals surface area contributed by atoms with E-state index in [-0.39, 0.29) is 17.6 Å². The number of Topliss-reactive ketones (excluding diaryl/α,β-unsaturated/α-hetero) is 1. The highest BCUT2D eigenvalue weighted by molar-refractivity contribution is 5.85. The van der Waals surface area contributed by atoms with Crippen molar-refractivity contribution in [3.63, 3.8) is 0 Å². The van der Waals surface area contributed by atoms with E-state index in [1.165, 1.54) is 6.07 Å². The Morgan fingerprint density at radius 2 is 2.12 bits per heavy atom. The van der Waals surface area contributed by atoms with E-state index in [4.69, 9.17) is 4.74 Å². The minimum absolute atomic E-state index is 0.0446. The maximum absolute atomic E-state index is 10.8. The summed E-state index contributed by atoms with van der Waals surface area (Å²) in [5, 5.41) is 10.7. The molecule has 1 aliphatic carbocycles. The Hall–Kier alpha value is -1.91. The Bertz CT molecular complexity index is 447. The monoisotopic (exact) mass is 221 g/mol. The molecule has 2 rings (SSSR count). The first-order valence-electron chi connectivity index (χ1n) is 5.00. The predicted molar refractivity (Wildman–Crippen MR) is 56.5 cm³/mol. The zero-order chi connectivity index (χ0) is 11.7. The van der Waals surface area contributed by atoms with Crippen LogP contribution in [0.1, 0.15) is 18.4 Å². The third-order valence-electron chi connectivity index (χ3n) is 2.66. The standard InChI is InChI=1S/C11H11NO4/c1-7-10(12(14)15)3-2-4-11(7)16-9-5-8(13)6-9/h2-4,9H,5-6H2,1H3. The normalized spacial score (nSPS) is 15.7. The molecule has 5 heteroatoms. The number of nitrogens with zero attached hydrogens (tertiary/aromatic N) is 1. The van der Waals surface area contributed by atoms with Gasteiger partial charge in [0.1, 0.15) is 17.6 Å². The number of ether oxygens (including phenoxy) is 1. The summed E-state index contributed by atoms with van der Waals surface area (Å²) in [6.07, 6.45) is 0.692. The van der Waals surface area contributed by atoms with Gasteiger partial charge in [0.05, 0.1) is 10.5 Å². The Morgan fingerprint density at radius 1 is 1.44 bits per heavy atom. The first-order chi connectivity index (χ1) is 7.58. The molecule has 84 valence electrons. The van der Waals surface area contributed by atoms with E-state index in [9.17, 15) is 14.9 Å². The highest BCUT2D eigenvalue weighted by atomic mass is 16.6. The molecule has 1 fully saturated rings. The molecule has 0 aromatic heterocycles. The average Bonchev–Trinajstić information content (AvgIpc) is 2.18. The van der Waals surface area contributed by atoms with Crippen LogP contribution in [0.25, 0.3) is 0 Å². The number of nitro groups is 1. The highest BCUT2D eigenvalue weighted by Gasteiger charge is 2.29. The maximum atomic E-state index is 10.8. The van der Waals surface area contributed by atoms with E-state index >= 15 is 0 Å². The van der Waals surface area contributed by atoms with Gasteiger partial charge < -0.3 is 4.74 Å². The number of carbonyl (C=O) groups excluding carboxylic acids is 1. The molecular weight excluding hydrogens is 210 g/mol. The van der Waals surface area contributed by atoms with Gasteiger partial charge in [-0.1, -0.05) is 6.07 Å². The fourth-order valence-corrected chi connectivity index (χ4v) is 1.64. The highest BCUT2D eigenvalue weighted by Crippen LogP contribution is 2.30. The van der Waals surface area contributed by atoms with Gasteiger partial charge in [0.15, 0.2) is 0 Å². The molecule has 1 saturated carbocycles. The Morgan fingerprint density at radius 3 is 2.69 bits per heavy atom. The van der Waals surface area contributed by atoms with Crippen LogP contribution in [0, 0.1) is 17.0 Å². The number of carbonyl (C=O) groups is 1. The second kappa shape index (κ2) is 3.92. The second-order valence-electron chi connectivity index (χ2n) is 3.84. The topological polar surface area (TPSA) is 69.4 Å². The van der Waals surface area contributed by atoms with Crippen LogP contribution in [0.3, 0.4) is 0 Å². The molecule has 0 N–H and O–H groups in total. The number of hydrogen-bond donors (Lipinski definition) is 0. The molecule has 0 amide bonds. The van der Waals surface area contributed by atoms with Crippen molar-refractivity contribution >= 4 is 11.5 Å². The van der Waals surface area contributed by atoms with Gasteiger partial charge in [-0.25, -0.2) is 0 Å². The van der Waals surface area contributed by atoms with Crippen LogP contribution >= 0.6 is 0 Å². The maximum Gasteiger partial charge on any atom is 0.276 e. The molecule has 0 spiro atoms. The number of rotatable bonds is 3. The smallest absolute Gasteiger partial charge is 0.276 e. The van der Waals surface area contributed by atoms with Gasteiger partial charge in [-0.2, -0.15) is 0 Å². The molecule has 0 heterocycles. The van der Waals surface area contributed by atoms with Crippen molar-refractivity contribution in [2.75, 3.05) is 0 Å². The molecule has 0 bridgehead atoms. The molecule has 0 atom stereocenters. The summed E-state index contributed by atoms with van der Waals surface area (Å²) in [6.45, 7) is 1.65. The fourth-order valence-electron chi connectivity index (χ4n) is 1.64. The van der Waals surface area contributed by atoms with Crippen molar-refractivity contribution in [3.8, 4) is 5.75 Å². The van der Waals surface area contributed by atoms with Gasteiger partial charge in [-0.15, -0.1) is 0 Å². The van der Waals surface area contributed by atoms with Crippen LogP contribution < -0.4 is 4.74 Å². The zero-order valence-corrected chi connectivity index (χ0v) is 8.80. The second-order valence-corrected chi connectivity index (χ2v) is 3.84. The average molecular weight is 221 g/mol. The van der Waals surface area contributed by atoms with Gasteiger partial charge in [0.2, 0.25) is 0 Å². The van der Waals surface area contributed by atoms with Gasteiger partial charge in [0.25, 0.3) is 5.69 Å². The minimum atomic E-state index is -0.436. The lowest BCUT2D eigenvalue weighted by Crippen LogP contribution is -2.33. The summed E-state index contributed by atoms with van der Waals surface area (Å²) in [5.74, 6) is 0.666. The van der Waals surface area contributed by atoms with Gasteiger partial charge in [-0.3, -0.25) is 14.9 Å². The van der Waals surface area contributed by atoms with Crippen LogP contribution in [-0.2, 0) is 4.79 Å². The van der Waals surface area contributed by atoms with Crippen LogP contribution in [0.5, 0.6) is 5.75 Å². The summed E-state index contributed by atoms with van der Waals surface area (Å²) in [5.41, 5.74) is 0.551. The molecular formula is C11H11NO4. The number of ketones is 1. The van der Waals surface area contributed by atoms with Crippen molar-refractivity contribution in [3.05, 3.63) is 33.9 Å². The van der Waals surface area contributed by atoms with Crippen LogP contribution in [-0.4, -0.2) is 16.8 Å². The summed E-state index contributed by atoms with van der Waals surface area (Å²) >= 11 is 0. The van der Waals surface area contributed by atoms with E-state index in [1.54, 1.807) is 19.1 Å². The molecule has 5 nitrogen and oxygen atoms in total. The SMILES string of the molecule is Cc1c(OC2CC(=O)C2)cccc1[N+](=O)[O-]. The quantitative estimate of drug-likeness (QED) is 0.578. The fraction of sp³-hybridized carbons (Fsp3) is 0.364. The van der Waals surface area contributed by atoms with E-state index in [0.717, 1.165) is 0 Å². The Kier molecular flexibility index (Phi) is 2.60. The van der Waals surface area contributed by atoms with Crippen LogP contribution in [0.2, 0.25) is 0 Å². The van der Waals surface area contributed by atoms with E-state index in [2.05, 4.69) is 0 Å². The summed E-state index contributed by atoms with van der Waals surface area (Å²) in [4.78, 5) is 21.0. The summed E-state index contributed by atoms with van der Waals surface area (Å²) in [6, 6.07) is 4.71. The molecule has 0 saturated heterocycles. The molecule has 1 aromatic carbocycles. The first-order valence-corrected chi connectivity index (χ1v) is 5.00. The third-order valence-corrected chi connectivity index (χ3v) is 2.66. The summed E-state index contributed by atoms with van der Waals surface area (Å²) < 4.78 is 5.52. The van der Waals surface area contributed by atoms with E-state index in [0.29, 0.717) is 24.2 Å². The van der Waals surface area contributed by atoms with Crippen LogP contribution in [0.4, 0.5) is 5.69 Å². The van der Waals surface area contributed by atoms with Gasteiger partial charge in [-0.05, 0) is 13.0 Å². The number of benzene rings is 1.